The van der Waals surface area contributed by atoms with Gasteiger partial charge in [0.25, 0.3) is 0 Å². The summed E-state index contributed by atoms with van der Waals surface area (Å²) in [6.45, 7) is 1.00. The van der Waals surface area contributed by atoms with Gasteiger partial charge in [-0.3, -0.25) is 0 Å². The summed E-state index contributed by atoms with van der Waals surface area (Å²) < 4.78 is 2.11. The van der Waals surface area contributed by atoms with Crippen LogP contribution in [-0.2, 0) is 6.54 Å². The number of aryl methyl sites for hydroxylation is 1. The molecule has 2 nitrogen and oxygen atoms in total. The number of hydrogen-bond acceptors (Lipinski definition) is 2. The van der Waals surface area contributed by atoms with E-state index in [-0.39, 0.29) is 0 Å². The minimum Gasteiger partial charge on any atom is -0.388 e. The molecule has 0 fully saturated rings. The highest BCUT2D eigenvalue weighted by atomic mass is 32.2. The van der Waals surface area contributed by atoms with Crippen LogP contribution in [0.3, 0.4) is 0 Å². The molecule has 0 aliphatic rings. The summed E-state index contributed by atoms with van der Waals surface area (Å²) >= 11 is 6.79. The molecule has 1 aromatic rings. The number of thioether (sulfide) groups is 1. The van der Waals surface area contributed by atoms with E-state index >= 15 is 0 Å². The van der Waals surface area contributed by atoms with Crippen LogP contribution in [0, 0.1) is 0 Å². The van der Waals surface area contributed by atoms with Crippen molar-refractivity contribution < 1.29 is 0 Å². The average Bonchev–Trinajstić information content (AvgIpc) is 2.53. The zero-order chi connectivity index (χ0) is 9.68. The topological polar surface area (TPSA) is 30.9 Å². The van der Waals surface area contributed by atoms with Crippen molar-refractivity contribution in [2.45, 2.75) is 13.0 Å². The second-order valence-electron chi connectivity index (χ2n) is 2.80. The van der Waals surface area contributed by atoms with Crippen LogP contribution in [0.4, 0.5) is 0 Å². The first-order chi connectivity index (χ1) is 6.25. The van der Waals surface area contributed by atoms with E-state index in [0.29, 0.717) is 4.99 Å². The third-order valence-corrected chi connectivity index (χ3v) is 2.74. The van der Waals surface area contributed by atoms with Gasteiger partial charge in [0, 0.05) is 12.7 Å². The van der Waals surface area contributed by atoms with Crippen molar-refractivity contribution in [3.05, 3.63) is 24.0 Å². The standard InChI is InChI=1S/C9H14N2S2/c1-13-7-3-6-11-5-2-4-8(11)9(10)12/h2,4-5H,3,6-7H2,1H3,(H2,10,12). The molecule has 0 spiro atoms. The maximum Gasteiger partial charge on any atom is 0.120 e. The van der Waals surface area contributed by atoms with Crippen molar-refractivity contribution in [2.24, 2.45) is 5.73 Å². The molecule has 0 radical (unpaired) electrons. The fourth-order valence-corrected chi connectivity index (χ4v) is 1.82. The summed E-state index contributed by atoms with van der Waals surface area (Å²) in [5.41, 5.74) is 6.54. The minimum absolute atomic E-state index is 0.481. The Morgan fingerprint density at radius 2 is 2.46 bits per heavy atom. The van der Waals surface area contributed by atoms with Crippen LogP contribution in [0.25, 0.3) is 0 Å². The van der Waals surface area contributed by atoms with E-state index in [2.05, 4.69) is 10.8 Å². The number of rotatable bonds is 5. The lowest BCUT2D eigenvalue weighted by Gasteiger charge is -2.06. The number of hydrogen-bond donors (Lipinski definition) is 1. The second-order valence-corrected chi connectivity index (χ2v) is 4.22. The van der Waals surface area contributed by atoms with Crippen molar-refractivity contribution in [3.8, 4) is 0 Å². The van der Waals surface area contributed by atoms with Gasteiger partial charge in [0.2, 0.25) is 0 Å². The number of aromatic nitrogens is 1. The summed E-state index contributed by atoms with van der Waals surface area (Å²) in [7, 11) is 0. The highest BCUT2D eigenvalue weighted by molar-refractivity contribution is 7.98. The Morgan fingerprint density at radius 1 is 1.69 bits per heavy atom. The third kappa shape index (κ3) is 3.04. The van der Waals surface area contributed by atoms with E-state index in [1.165, 1.54) is 5.75 Å². The largest absolute Gasteiger partial charge is 0.388 e. The van der Waals surface area contributed by atoms with Gasteiger partial charge >= 0.3 is 0 Å². The molecule has 0 atom stereocenters. The predicted molar refractivity (Wildman–Crippen MR) is 63.3 cm³/mol. The van der Waals surface area contributed by atoms with Gasteiger partial charge in [-0.25, -0.2) is 0 Å². The van der Waals surface area contributed by atoms with E-state index < -0.39 is 0 Å². The average molecular weight is 214 g/mol. The van der Waals surface area contributed by atoms with E-state index in [1.807, 2.05) is 30.1 Å². The van der Waals surface area contributed by atoms with Crippen molar-refractivity contribution >= 4 is 29.0 Å². The van der Waals surface area contributed by atoms with E-state index in [4.69, 9.17) is 18.0 Å². The van der Waals surface area contributed by atoms with Crippen LogP contribution in [-0.4, -0.2) is 21.6 Å². The van der Waals surface area contributed by atoms with Crippen LogP contribution in [0.15, 0.2) is 18.3 Å². The van der Waals surface area contributed by atoms with Gasteiger partial charge in [-0.15, -0.1) is 0 Å². The van der Waals surface area contributed by atoms with Gasteiger partial charge in [-0.05, 0) is 30.6 Å². The molecular formula is C9H14N2S2. The Morgan fingerprint density at radius 3 is 3.08 bits per heavy atom. The third-order valence-electron chi connectivity index (χ3n) is 1.83. The molecule has 0 aliphatic heterocycles. The van der Waals surface area contributed by atoms with Crippen molar-refractivity contribution in [2.75, 3.05) is 12.0 Å². The molecule has 13 heavy (non-hydrogen) atoms. The highest BCUT2D eigenvalue weighted by Gasteiger charge is 2.01. The quantitative estimate of drug-likeness (QED) is 0.600. The summed E-state index contributed by atoms with van der Waals surface area (Å²) in [5, 5.41) is 0. The first-order valence-corrected chi connectivity index (χ1v) is 6.00. The zero-order valence-electron chi connectivity index (χ0n) is 7.69. The first-order valence-electron chi connectivity index (χ1n) is 4.19. The Balaban J connectivity index is 2.55. The second kappa shape index (κ2) is 5.29. The molecule has 72 valence electrons. The Hall–Kier alpha value is -0.480. The first kappa shape index (κ1) is 10.6. The van der Waals surface area contributed by atoms with Crippen LogP contribution < -0.4 is 5.73 Å². The monoisotopic (exact) mass is 214 g/mol. The van der Waals surface area contributed by atoms with Gasteiger partial charge in [-0.1, -0.05) is 12.2 Å². The number of nitrogens with two attached hydrogens (primary N) is 1. The molecule has 4 heteroatoms. The normalized spacial score (nSPS) is 10.2. The van der Waals surface area contributed by atoms with Crippen molar-refractivity contribution in [1.29, 1.82) is 0 Å². The van der Waals surface area contributed by atoms with Crippen LogP contribution in [0.2, 0.25) is 0 Å². The van der Waals surface area contributed by atoms with Gasteiger partial charge in [0.05, 0.1) is 5.69 Å². The molecule has 0 bridgehead atoms. The molecule has 1 aromatic heterocycles. The fourth-order valence-electron chi connectivity index (χ4n) is 1.21. The van der Waals surface area contributed by atoms with Crippen molar-refractivity contribution in [3.63, 3.8) is 0 Å². The lowest BCUT2D eigenvalue weighted by molar-refractivity contribution is 0.684. The molecule has 0 aromatic carbocycles. The molecule has 2 N–H and O–H groups in total. The zero-order valence-corrected chi connectivity index (χ0v) is 9.33. The maximum atomic E-state index is 5.57. The summed E-state index contributed by atoms with van der Waals surface area (Å²) in [6, 6.07) is 3.94. The van der Waals surface area contributed by atoms with Gasteiger partial charge in [0.15, 0.2) is 0 Å². The lowest BCUT2D eigenvalue weighted by atomic mass is 10.4. The van der Waals surface area contributed by atoms with E-state index in [0.717, 1.165) is 18.7 Å². The van der Waals surface area contributed by atoms with Gasteiger partial charge in [0.1, 0.15) is 4.99 Å². The summed E-state index contributed by atoms with van der Waals surface area (Å²) in [4.78, 5) is 0.481. The Labute approximate surface area is 88.5 Å². The van der Waals surface area contributed by atoms with Crippen LogP contribution in [0.1, 0.15) is 12.1 Å². The van der Waals surface area contributed by atoms with Crippen LogP contribution in [0.5, 0.6) is 0 Å². The molecule has 1 rings (SSSR count). The molecule has 0 amide bonds. The highest BCUT2D eigenvalue weighted by Crippen LogP contribution is 2.05. The van der Waals surface area contributed by atoms with Crippen molar-refractivity contribution in [1.82, 2.24) is 4.57 Å². The minimum atomic E-state index is 0.481. The molecule has 1 heterocycles. The number of thiocarbonyl (C=S) groups is 1. The Bertz CT molecular complexity index is 281. The fraction of sp³-hybridized carbons (Fsp3) is 0.444. The van der Waals surface area contributed by atoms with E-state index in [9.17, 15) is 0 Å². The molecule has 0 saturated carbocycles. The Kier molecular flexibility index (Phi) is 4.32. The molecule has 0 aliphatic carbocycles. The predicted octanol–water partition coefficient (Wildman–Crippen LogP) is 1.88. The van der Waals surface area contributed by atoms with Crippen LogP contribution >= 0.6 is 24.0 Å². The summed E-state index contributed by atoms with van der Waals surface area (Å²) in [5.74, 6) is 1.18. The SMILES string of the molecule is CSCCCn1cccc1C(N)=S. The van der Waals surface area contributed by atoms with Gasteiger partial charge in [-0.2, -0.15) is 11.8 Å². The smallest absolute Gasteiger partial charge is 0.120 e. The number of nitrogens with zero attached hydrogens (tertiary/aromatic N) is 1. The molecule has 0 unspecified atom stereocenters. The van der Waals surface area contributed by atoms with E-state index in [1.54, 1.807) is 0 Å². The molecule has 0 saturated heterocycles. The summed E-state index contributed by atoms with van der Waals surface area (Å²) in [6.07, 6.45) is 5.30. The molecular weight excluding hydrogens is 200 g/mol. The maximum absolute atomic E-state index is 5.57. The lowest BCUT2D eigenvalue weighted by Crippen LogP contribution is -2.15. The van der Waals surface area contributed by atoms with Gasteiger partial charge < -0.3 is 10.3 Å².